The lowest BCUT2D eigenvalue weighted by Gasteiger charge is -2.55. The minimum absolute atomic E-state index is 0. The molecule has 1 saturated heterocycles. The van der Waals surface area contributed by atoms with Gasteiger partial charge in [0, 0.05) is 41.7 Å². The number of likely N-dealkylation sites (tertiary alicyclic amines) is 1. The molecule has 0 spiro atoms. The zero-order valence-electron chi connectivity index (χ0n) is 21.0. The van der Waals surface area contributed by atoms with Crippen molar-refractivity contribution in [2.75, 3.05) is 11.9 Å². The number of carbonyl (C=O) groups excluding carboxylic acids is 2. The molecule has 36 heavy (non-hydrogen) atoms. The van der Waals surface area contributed by atoms with Crippen LogP contribution in [0, 0.1) is 35.7 Å². The molecule has 194 valence electrons. The van der Waals surface area contributed by atoms with Crippen LogP contribution < -0.4 is 5.32 Å². The van der Waals surface area contributed by atoms with E-state index < -0.39 is 0 Å². The summed E-state index contributed by atoms with van der Waals surface area (Å²) in [6, 6.07) is 6.07. The fraction of sp³-hybridized carbons (Fsp3) is 0.607. The van der Waals surface area contributed by atoms with E-state index in [0.717, 1.165) is 72.0 Å². The first-order valence-corrected chi connectivity index (χ1v) is 13.0. The lowest BCUT2D eigenvalue weighted by atomic mass is 9.49. The van der Waals surface area contributed by atoms with Gasteiger partial charge in [0.1, 0.15) is 0 Å². The summed E-state index contributed by atoms with van der Waals surface area (Å²) in [6.07, 6.45) is 11.2. The van der Waals surface area contributed by atoms with Gasteiger partial charge in [0.2, 0.25) is 11.8 Å². The molecule has 4 aliphatic carbocycles. The Hall–Kier alpha value is -2.11. The second-order valence-electron chi connectivity index (χ2n) is 11.6. The van der Waals surface area contributed by atoms with E-state index in [0.29, 0.717) is 13.0 Å². The summed E-state index contributed by atoms with van der Waals surface area (Å²) >= 11 is 0. The van der Waals surface area contributed by atoms with Gasteiger partial charge in [-0.05, 0) is 92.9 Å². The van der Waals surface area contributed by atoms with Gasteiger partial charge in [-0.25, -0.2) is 6.57 Å². The zero-order chi connectivity index (χ0) is 23.4. The fourth-order valence-electron chi connectivity index (χ4n) is 7.92. The Kier molecular flexibility index (Phi) is 7.73. The van der Waals surface area contributed by atoms with Gasteiger partial charge in [-0.15, -0.1) is 0 Å². The molecule has 1 aliphatic heterocycles. The number of aromatic amines is 1. The third-order valence-electron chi connectivity index (χ3n) is 9.15. The summed E-state index contributed by atoms with van der Waals surface area (Å²) in [6.45, 7) is 10.0. The number of H-pyrrole nitrogens is 1. The maximum Gasteiger partial charge on any atom is 0.300 e. The highest BCUT2D eigenvalue weighted by molar-refractivity contribution is 7.59. The average Bonchev–Trinajstić information content (AvgIpc) is 3.44. The van der Waals surface area contributed by atoms with Crippen LogP contribution in [0.15, 0.2) is 24.4 Å². The monoisotopic (exact) mass is 526 g/mol. The molecule has 0 unspecified atom stereocenters. The van der Waals surface area contributed by atoms with Crippen LogP contribution in [0.1, 0.15) is 63.9 Å². The second-order valence-corrected chi connectivity index (χ2v) is 11.6. The minimum atomic E-state index is -0.302. The van der Waals surface area contributed by atoms with Crippen molar-refractivity contribution in [3.63, 3.8) is 0 Å². The van der Waals surface area contributed by atoms with E-state index in [4.69, 9.17) is 6.57 Å². The van der Waals surface area contributed by atoms with E-state index in [1.807, 2.05) is 25.3 Å². The largest absolute Gasteiger partial charge is 0.361 e. The lowest BCUT2D eigenvalue weighted by molar-refractivity contribution is -0.140. The number of aromatic nitrogens is 1. The number of hydrogen-bond acceptors (Lipinski definition) is 2. The SMILES string of the molecule is S.S.[C-]#[N+][C@@H]1CCCN1C(=O)[C@@H](C)Cc1c[nH]c2ccc(NC(=O)C34CC5CC(CC(C5)C3)C4)cc12. The Bertz CT molecular complexity index is 1150. The van der Waals surface area contributed by atoms with Crippen molar-refractivity contribution in [1.82, 2.24) is 9.88 Å². The number of fused-ring (bicyclic) bond motifs is 1. The van der Waals surface area contributed by atoms with Crippen LogP contribution in [0.3, 0.4) is 0 Å². The van der Waals surface area contributed by atoms with E-state index in [9.17, 15) is 9.59 Å². The van der Waals surface area contributed by atoms with E-state index in [1.54, 1.807) is 4.90 Å². The molecule has 2 aromatic rings. The standard InChI is InChI=1S/C28H34N4O2.2H2S/c1-17(26(33)32-7-3-4-25(32)29-2)8-21-16-30-24-6-5-22(12-23(21)24)31-27(34)28-13-18-9-19(14-28)11-20(10-18)15-28;;/h5-6,12,16-20,25,30H,3-4,7-11,13-15H2,1H3,(H,31,34);2*1H2/t17-,18?,19?,20?,25-,28?;;/m0../s1. The van der Waals surface area contributed by atoms with Crippen molar-refractivity contribution in [2.45, 2.75) is 70.9 Å². The molecular formula is C28H38N4O2S2. The molecule has 8 heteroatoms. The molecule has 2 amide bonds. The molecule has 2 atom stereocenters. The molecule has 2 N–H and O–H groups in total. The van der Waals surface area contributed by atoms with Gasteiger partial charge in [0.05, 0.1) is 5.41 Å². The summed E-state index contributed by atoms with van der Waals surface area (Å²) in [5.41, 5.74) is 2.78. The number of anilines is 1. The first kappa shape index (κ1) is 26.9. The number of carbonyl (C=O) groups is 2. The third kappa shape index (κ3) is 4.65. The van der Waals surface area contributed by atoms with E-state index in [1.165, 1.54) is 19.3 Å². The number of nitrogens with zero attached hydrogens (tertiary/aromatic N) is 2. The van der Waals surface area contributed by atoms with Crippen LogP contribution in [0.25, 0.3) is 15.7 Å². The molecule has 4 bridgehead atoms. The predicted octanol–water partition coefficient (Wildman–Crippen LogP) is 5.59. The van der Waals surface area contributed by atoms with Crippen LogP contribution in [-0.2, 0) is 16.0 Å². The van der Waals surface area contributed by atoms with Crippen molar-refractivity contribution in [3.05, 3.63) is 41.4 Å². The lowest BCUT2D eigenvalue weighted by Crippen LogP contribution is -2.51. The van der Waals surface area contributed by atoms with Gasteiger partial charge < -0.3 is 10.3 Å². The first-order chi connectivity index (χ1) is 16.4. The molecule has 1 aromatic heterocycles. The van der Waals surface area contributed by atoms with Crippen molar-refractivity contribution >= 4 is 55.4 Å². The normalized spacial score (nSPS) is 30.8. The van der Waals surface area contributed by atoms with Gasteiger partial charge in [0.15, 0.2) is 0 Å². The van der Waals surface area contributed by atoms with Crippen LogP contribution >= 0.6 is 27.0 Å². The highest BCUT2D eigenvalue weighted by Crippen LogP contribution is 2.60. The quantitative estimate of drug-likeness (QED) is 0.498. The fourth-order valence-corrected chi connectivity index (χ4v) is 7.92. The maximum absolute atomic E-state index is 13.5. The molecule has 4 saturated carbocycles. The predicted molar refractivity (Wildman–Crippen MR) is 153 cm³/mol. The van der Waals surface area contributed by atoms with Gasteiger partial charge >= 0.3 is 6.17 Å². The average molecular weight is 527 g/mol. The maximum atomic E-state index is 13.5. The Labute approximate surface area is 227 Å². The second kappa shape index (κ2) is 10.3. The van der Waals surface area contributed by atoms with Crippen molar-refractivity contribution in [2.24, 2.45) is 29.1 Å². The number of benzene rings is 1. The van der Waals surface area contributed by atoms with E-state index >= 15 is 0 Å². The Morgan fingerprint density at radius 1 is 1.17 bits per heavy atom. The van der Waals surface area contributed by atoms with Crippen molar-refractivity contribution in [1.29, 1.82) is 0 Å². The van der Waals surface area contributed by atoms with Crippen molar-refractivity contribution in [3.8, 4) is 0 Å². The topological polar surface area (TPSA) is 69.6 Å². The summed E-state index contributed by atoms with van der Waals surface area (Å²) in [5, 5.41) is 4.34. The number of amides is 2. The molecule has 5 fully saturated rings. The smallest absolute Gasteiger partial charge is 0.300 e. The molecule has 0 radical (unpaired) electrons. The van der Waals surface area contributed by atoms with Crippen LogP contribution in [0.5, 0.6) is 0 Å². The highest BCUT2D eigenvalue weighted by Gasteiger charge is 2.54. The molecule has 1 aromatic carbocycles. The van der Waals surface area contributed by atoms with Crippen LogP contribution in [-0.4, -0.2) is 34.4 Å². The van der Waals surface area contributed by atoms with Gasteiger partial charge in [-0.1, -0.05) is 6.92 Å². The van der Waals surface area contributed by atoms with E-state index in [-0.39, 0.29) is 56.3 Å². The van der Waals surface area contributed by atoms with Crippen LogP contribution in [0.4, 0.5) is 5.69 Å². The number of nitrogens with one attached hydrogen (secondary N) is 2. The Morgan fingerprint density at radius 3 is 2.47 bits per heavy atom. The molecule has 6 nitrogen and oxygen atoms in total. The molecule has 7 rings (SSSR count). The summed E-state index contributed by atoms with van der Waals surface area (Å²) in [7, 11) is 0. The highest BCUT2D eigenvalue weighted by atomic mass is 32.1. The number of hydrogen-bond donors (Lipinski definition) is 2. The van der Waals surface area contributed by atoms with E-state index in [2.05, 4.69) is 21.2 Å². The third-order valence-corrected chi connectivity index (χ3v) is 9.15. The molecular weight excluding hydrogens is 488 g/mol. The van der Waals surface area contributed by atoms with Crippen molar-refractivity contribution < 1.29 is 9.59 Å². The van der Waals surface area contributed by atoms with Gasteiger partial charge in [-0.3, -0.25) is 19.3 Å². The Morgan fingerprint density at radius 2 is 1.83 bits per heavy atom. The molecule has 5 aliphatic rings. The summed E-state index contributed by atoms with van der Waals surface area (Å²) < 4.78 is 0. The minimum Gasteiger partial charge on any atom is -0.361 e. The number of rotatable bonds is 5. The summed E-state index contributed by atoms with van der Waals surface area (Å²) in [5.74, 6) is 2.32. The van der Waals surface area contributed by atoms with Gasteiger partial charge in [-0.2, -0.15) is 27.0 Å². The first-order valence-electron chi connectivity index (χ1n) is 13.0. The van der Waals surface area contributed by atoms with Gasteiger partial charge in [0.25, 0.3) is 0 Å². The molecule has 2 heterocycles. The zero-order valence-corrected chi connectivity index (χ0v) is 23.0. The van der Waals surface area contributed by atoms with Crippen LogP contribution in [0.2, 0.25) is 0 Å². The Balaban J connectivity index is 0.00000152. The summed E-state index contributed by atoms with van der Waals surface area (Å²) in [4.78, 5) is 35.2.